The highest BCUT2D eigenvalue weighted by Gasteiger charge is 2.34. The molecule has 7 nitrogen and oxygen atoms in total. The van der Waals surface area contributed by atoms with Crippen molar-refractivity contribution in [2.45, 2.75) is 45.8 Å². The van der Waals surface area contributed by atoms with E-state index in [1.54, 1.807) is 14.1 Å². The van der Waals surface area contributed by atoms with Crippen LogP contribution in [0, 0.1) is 6.92 Å². The number of carbonyl (C=O) groups excluding carboxylic acids is 1. The van der Waals surface area contributed by atoms with Crippen molar-refractivity contribution in [3.8, 4) is 0 Å². The minimum Gasteiger partial charge on any atom is -0.369 e. The van der Waals surface area contributed by atoms with Gasteiger partial charge in [0.05, 0.1) is 18.3 Å². The van der Waals surface area contributed by atoms with E-state index in [0.717, 1.165) is 30.3 Å². The molecular weight excluding hydrogens is 320 g/mol. The molecule has 1 atom stereocenters. The molecule has 0 radical (unpaired) electrons. The maximum Gasteiger partial charge on any atom is 0.248 e. The van der Waals surface area contributed by atoms with Gasteiger partial charge in [-0.25, -0.2) is 9.97 Å². The Morgan fingerprint density at radius 2 is 2.16 bits per heavy atom. The van der Waals surface area contributed by atoms with Gasteiger partial charge < -0.3 is 19.3 Å². The normalized spacial score (nSPS) is 19.8. The van der Waals surface area contributed by atoms with Crippen molar-refractivity contribution in [2.75, 3.05) is 45.3 Å². The van der Waals surface area contributed by atoms with Crippen molar-refractivity contribution < 1.29 is 14.3 Å². The average Bonchev–Trinajstić information content (AvgIpc) is 2.52. The number of likely N-dealkylation sites (N-methyl/N-ethyl adjacent to an activating group) is 1. The fraction of sp³-hybridized carbons (Fsp3) is 0.722. The summed E-state index contributed by atoms with van der Waals surface area (Å²) in [6.07, 6.45) is 0.695. The standard InChI is InChI=1S/C18H30N4O3/c1-7-15-19-13(2)8-16(20-15)22-9-14(25-18(3,4)12-22)10-24-11-17(23)21(5)6/h8,14H,7,9-12H2,1-6H3/t14-/m0/s1. The predicted octanol–water partition coefficient (Wildman–Crippen LogP) is 1.44. The highest BCUT2D eigenvalue weighted by Crippen LogP contribution is 2.25. The molecule has 0 N–H and O–H groups in total. The van der Waals surface area contributed by atoms with Crippen molar-refractivity contribution in [3.63, 3.8) is 0 Å². The first-order valence-electron chi connectivity index (χ1n) is 8.75. The molecule has 1 aliphatic rings. The maximum atomic E-state index is 11.6. The SMILES string of the molecule is CCc1nc(C)cc(N2C[C@@H](COCC(=O)N(C)C)OC(C)(C)C2)n1. The smallest absolute Gasteiger partial charge is 0.248 e. The molecule has 0 saturated carbocycles. The largest absolute Gasteiger partial charge is 0.369 e. The first-order valence-corrected chi connectivity index (χ1v) is 8.75. The monoisotopic (exact) mass is 350 g/mol. The summed E-state index contributed by atoms with van der Waals surface area (Å²) in [5.41, 5.74) is 0.652. The molecule has 1 amide bonds. The lowest BCUT2D eigenvalue weighted by atomic mass is 10.1. The summed E-state index contributed by atoms with van der Waals surface area (Å²) in [6, 6.07) is 2.01. The number of nitrogens with zero attached hydrogens (tertiary/aromatic N) is 4. The van der Waals surface area contributed by atoms with Crippen LogP contribution in [-0.2, 0) is 20.7 Å². The fourth-order valence-electron chi connectivity index (χ4n) is 2.90. The van der Waals surface area contributed by atoms with E-state index >= 15 is 0 Å². The molecule has 1 aromatic rings. The molecule has 1 aliphatic heterocycles. The van der Waals surface area contributed by atoms with Crippen LogP contribution in [0.25, 0.3) is 0 Å². The van der Waals surface area contributed by atoms with Crippen LogP contribution in [0.15, 0.2) is 6.07 Å². The van der Waals surface area contributed by atoms with E-state index in [1.807, 2.05) is 13.0 Å². The molecule has 7 heteroatoms. The Balaban J connectivity index is 2.05. The number of ether oxygens (including phenoxy) is 2. The molecule has 25 heavy (non-hydrogen) atoms. The fourth-order valence-corrected chi connectivity index (χ4v) is 2.90. The molecule has 140 valence electrons. The zero-order valence-corrected chi connectivity index (χ0v) is 16.2. The minimum absolute atomic E-state index is 0.0501. The van der Waals surface area contributed by atoms with E-state index in [9.17, 15) is 4.79 Å². The third-order valence-corrected chi connectivity index (χ3v) is 4.04. The van der Waals surface area contributed by atoms with Gasteiger partial charge in [0.15, 0.2) is 0 Å². The van der Waals surface area contributed by atoms with Crippen LogP contribution < -0.4 is 4.90 Å². The van der Waals surface area contributed by atoms with Gasteiger partial charge in [-0.05, 0) is 20.8 Å². The van der Waals surface area contributed by atoms with Crippen LogP contribution in [0.1, 0.15) is 32.3 Å². The van der Waals surface area contributed by atoms with E-state index in [2.05, 4.69) is 35.6 Å². The molecular formula is C18H30N4O3. The number of hydrogen-bond donors (Lipinski definition) is 0. The first kappa shape index (κ1) is 19.6. The molecule has 1 saturated heterocycles. The lowest BCUT2D eigenvalue weighted by molar-refractivity contribution is -0.139. The Bertz CT molecular complexity index is 604. The van der Waals surface area contributed by atoms with Gasteiger partial charge in [-0.1, -0.05) is 6.92 Å². The summed E-state index contributed by atoms with van der Waals surface area (Å²) in [6.45, 7) is 10.0. The van der Waals surface area contributed by atoms with Crippen LogP contribution in [0.5, 0.6) is 0 Å². The van der Waals surface area contributed by atoms with E-state index in [4.69, 9.17) is 9.47 Å². The molecule has 0 aromatic carbocycles. The summed E-state index contributed by atoms with van der Waals surface area (Å²) in [5, 5.41) is 0. The van der Waals surface area contributed by atoms with Crippen molar-refractivity contribution in [1.29, 1.82) is 0 Å². The summed E-state index contributed by atoms with van der Waals surface area (Å²) < 4.78 is 11.7. The van der Waals surface area contributed by atoms with Crippen molar-refractivity contribution in [1.82, 2.24) is 14.9 Å². The van der Waals surface area contributed by atoms with Gasteiger partial charge >= 0.3 is 0 Å². The highest BCUT2D eigenvalue weighted by molar-refractivity contribution is 5.76. The quantitative estimate of drug-likeness (QED) is 0.773. The molecule has 2 heterocycles. The van der Waals surface area contributed by atoms with Crippen molar-refractivity contribution in [3.05, 3.63) is 17.6 Å². The molecule has 0 unspecified atom stereocenters. The number of hydrogen-bond acceptors (Lipinski definition) is 6. The third-order valence-electron chi connectivity index (χ3n) is 4.04. The lowest BCUT2D eigenvalue weighted by Gasteiger charge is -2.43. The highest BCUT2D eigenvalue weighted by atomic mass is 16.5. The van der Waals surface area contributed by atoms with Crippen molar-refractivity contribution in [2.24, 2.45) is 0 Å². The Labute approximate surface area is 150 Å². The topological polar surface area (TPSA) is 67.8 Å². The number of amides is 1. The van der Waals surface area contributed by atoms with E-state index in [1.165, 1.54) is 4.90 Å². The van der Waals surface area contributed by atoms with Gasteiger partial charge in [-0.3, -0.25) is 4.79 Å². The van der Waals surface area contributed by atoms with E-state index < -0.39 is 0 Å². The molecule has 2 rings (SSSR count). The Hall–Kier alpha value is -1.73. The summed E-state index contributed by atoms with van der Waals surface area (Å²) in [4.78, 5) is 24.5. The second-order valence-electron chi connectivity index (χ2n) is 7.32. The van der Waals surface area contributed by atoms with Gasteiger partial charge in [0.25, 0.3) is 0 Å². The molecule has 0 spiro atoms. The van der Waals surface area contributed by atoms with Gasteiger partial charge in [0.1, 0.15) is 18.2 Å². The molecule has 0 bridgehead atoms. The number of morpholine rings is 1. The molecule has 1 fully saturated rings. The van der Waals surface area contributed by atoms with Gasteiger partial charge in [-0.15, -0.1) is 0 Å². The minimum atomic E-state index is -0.316. The summed E-state index contributed by atoms with van der Waals surface area (Å²) in [7, 11) is 3.44. The predicted molar refractivity (Wildman–Crippen MR) is 96.8 cm³/mol. The van der Waals surface area contributed by atoms with Gasteiger partial charge in [-0.2, -0.15) is 0 Å². The average molecular weight is 350 g/mol. The zero-order valence-electron chi connectivity index (χ0n) is 16.2. The van der Waals surface area contributed by atoms with Crippen LogP contribution in [0.2, 0.25) is 0 Å². The maximum absolute atomic E-state index is 11.6. The van der Waals surface area contributed by atoms with Crippen LogP contribution >= 0.6 is 0 Å². The zero-order chi connectivity index (χ0) is 18.6. The number of aryl methyl sites for hydroxylation is 2. The van der Waals surface area contributed by atoms with Crippen LogP contribution in [-0.4, -0.2) is 72.9 Å². The first-order chi connectivity index (χ1) is 11.7. The Morgan fingerprint density at radius 3 is 2.80 bits per heavy atom. The molecule has 0 aliphatic carbocycles. The van der Waals surface area contributed by atoms with E-state index in [0.29, 0.717) is 13.2 Å². The Kier molecular flexibility index (Phi) is 6.35. The summed E-state index contributed by atoms with van der Waals surface area (Å²) in [5.74, 6) is 1.73. The number of carbonyl (C=O) groups is 1. The van der Waals surface area contributed by atoms with Crippen LogP contribution in [0.3, 0.4) is 0 Å². The number of anilines is 1. The van der Waals surface area contributed by atoms with Crippen LogP contribution in [0.4, 0.5) is 5.82 Å². The number of aromatic nitrogens is 2. The number of rotatable bonds is 6. The van der Waals surface area contributed by atoms with Crippen molar-refractivity contribution >= 4 is 11.7 Å². The second-order valence-corrected chi connectivity index (χ2v) is 7.32. The lowest BCUT2D eigenvalue weighted by Crippen LogP contribution is -2.54. The van der Waals surface area contributed by atoms with Gasteiger partial charge in [0.2, 0.25) is 5.91 Å². The third kappa shape index (κ3) is 5.64. The second kappa shape index (κ2) is 8.10. The summed E-state index contributed by atoms with van der Waals surface area (Å²) >= 11 is 0. The van der Waals surface area contributed by atoms with Gasteiger partial charge in [0, 0.05) is 45.4 Å². The molecule has 1 aromatic heterocycles. The Morgan fingerprint density at radius 1 is 1.44 bits per heavy atom. The van der Waals surface area contributed by atoms with E-state index in [-0.39, 0.29) is 24.2 Å².